The Morgan fingerprint density at radius 2 is 2.19 bits per heavy atom. The molecule has 138 valence electrons. The summed E-state index contributed by atoms with van der Waals surface area (Å²) in [6, 6.07) is 5.25. The summed E-state index contributed by atoms with van der Waals surface area (Å²) in [4.78, 5) is 31.0. The number of ether oxygens (including phenoxy) is 1. The molecular weight excluding hydrogens is 400 g/mol. The van der Waals surface area contributed by atoms with Crippen molar-refractivity contribution in [1.82, 2.24) is 14.5 Å². The lowest BCUT2D eigenvalue weighted by molar-refractivity contribution is 0.0687. The van der Waals surface area contributed by atoms with Crippen LogP contribution in [0.3, 0.4) is 0 Å². The molecule has 0 radical (unpaired) electrons. The van der Waals surface area contributed by atoms with Crippen molar-refractivity contribution in [2.45, 2.75) is 19.4 Å². The SMILES string of the molecule is CC1CCOCCN1C(=O)c1ccc(Nc2cc(Br)cn(C)c2=O)nc1. The highest BCUT2D eigenvalue weighted by Gasteiger charge is 2.23. The Morgan fingerprint density at radius 1 is 1.38 bits per heavy atom. The van der Waals surface area contributed by atoms with Gasteiger partial charge in [0.2, 0.25) is 0 Å². The predicted octanol–water partition coefficient (Wildman–Crippen LogP) is 2.54. The third-order valence-corrected chi connectivity index (χ3v) is 4.81. The summed E-state index contributed by atoms with van der Waals surface area (Å²) in [5.41, 5.74) is 0.770. The molecule has 1 N–H and O–H groups in total. The molecule has 0 bridgehead atoms. The van der Waals surface area contributed by atoms with E-state index < -0.39 is 0 Å². The molecule has 1 aliphatic rings. The molecule has 26 heavy (non-hydrogen) atoms. The van der Waals surface area contributed by atoms with Crippen LogP contribution in [0.25, 0.3) is 0 Å². The summed E-state index contributed by atoms with van der Waals surface area (Å²) in [5.74, 6) is 0.449. The van der Waals surface area contributed by atoms with E-state index >= 15 is 0 Å². The third-order valence-electron chi connectivity index (χ3n) is 4.37. The first kappa shape index (κ1) is 18.6. The fourth-order valence-corrected chi connectivity index (χ4v) is 3.39. The molecule has 1 unspecified atom stereocenters. The zero-order chi connectivity index (χ0) is 18.7. The topological polar surface area (TPSA) is 76.5 Å². The maximum Gasteiger partial charge on any atom is 0.274 e. The number of rotatable bonds is 3. The first-order chi connectivity index (χ1) is 12.5. The molecule has 0 spiro atoms. The fourth-order valence-electron chi connectivity index (χ4n) is 2.85. The number of carbonyl (C=O) groups excluding carboxylic acids is 1. The van der Waals surface area contributed by atoms with Crippen LogP contribution in [0.1, 0.15) is 23.7 Å². The molecular formula is C18H21BrN4O3. The van der Waals surface area contributed by atoms with E-state index in [9.17, 15) is 9.59 Å². The van der Waals surface area contributed by atoms with Crippen molar-refractivity contribution in [1.29, 1.82) is 0 Å². The van der Waals surface area contributed by atoms with Crippen molar-refractivity contribution in [2.24, 2.45) is 7.05 Å². The number of amides is 1. The van der Waals surface area contributed by atoms with E-state index in [2.05, 4.69) is 26.2 Å². The summed E-state index contributed by atoms with van der Waals surface area (Å²) >= 11 is 3.37. The van der Waals surface area contributed by atoms with Gasteiger partial charge >= 0.3 is 0 Å². The number of carbonyl (C=O) groups is 1. The molecule has 8 heteroatoms. The van der Waals surface area contributed by atoms with E-state index in [1.165, 1.54) is 10.8 Å². The third kappa shape index (κ3) is 4.13. The molecule has 0 aromatic carbocycles. The van der Waals surface area contributed by atoms with Gasteiger partial charge in [-0.25, -0.2) is 4.98 Å². The van der Waals surface area contributed by atoms with Gasteiger partial charge in [0.05, 0.1) is 12.2 Å². The average Bonchev–Trinajstić information content (AvgIpc) is 2.83. The van der Waals surface area contributed by atoms with Gasteiger partial charge in [0.1, 0.15) is 11.5 Å². The first-order valence-electron chi connectivity index (χ1n) is 8.43. The summed E-state index contributed by atoms with van der Waals surface area (Å²) in [6.45, 7) is 3.83. The lowest BCUT2D eigenvalue weighted by Gasteiger charge is -2.26. The van der Waals surface area contributed by atoms with Gasteiger partial charge in [-0.3, -0.25) is 9.59 Å². The Balaban J connectivity index is 1.76. The van der Waals surface area contributed by atoms with Crippen LogP contribution in [0.2, 0.25) is 0 Å². The highest BCUT2D eigenvalue weighted by Crippen LogP contribution is 2.17. The summed E-state index contributed by atoms with van der Waals surface area (Å²) < 4.78 is 7.71. The molecule has 1 fully saturated rings. The van der Waals surface area contributed by atoms with Gasteiger partial charge in [-0.1, -0.05) is 0 Å². The zero-order valence-corrected chi connectivity index (χ0v) is 16.3. The van der Waals surface area contributed by atoms with Crippen LogP contribution in [0.5, 0.6) is 0 Å². The number of aryl methyl sites for hydroxylation is 1. The van der Waals surface area contributed by atoms with Gasteiger partial charge in [-0.05, 0) is 47.5 Å². The van der Waals surface area contributed by atoms with Crippen molar-refractivity contribution >= 4 is 33.3 Å². The van der Waals surface area contributed by atoms with Gasteiger partial charge in [0.15, 0.2) is 0 Å². The zero-order valence-electron chi connectivity index (χ0n) is 14.7. The monoisotopic (exact) mass is 420 g/mol. The summed E-state index contributed by atoms with van der Waals surface area (Å²) in [6.07, 6.45) is 4.05. The Labute approximate surface area is 160 Å². The number of nitrogens with zero attached hydrogens (tertiary/aromatic N) is 3. The number of hydrogen-bond acceptors (Lipinski definition) is 5. The van der Waals surface area contributed by atoms with Crippen molar-refractivity contribution in [3.63, 3.8) is 0 Å². The predicted molar refractivity (Wildman–Crippen MR) is 103 cm³/mol. The summed E-state index contributed by atoms with van der Waals surface area (Å²) in [7, 11) is 1.68. The fraction of sp³-hybridized carbons (Fsp3) is 0.389. The normalized spacial score (nSPS) is 17.7. The Morgan fingerprint density at radius 3 is 2.92 bits per heavy atom. The van der Waals surface area contributed by atoms with Gasteiger partial charge in [-0.2, -0.15) is 0 Å². The van der Waals surface area contributed by atoms with E-state index in [1.54, 1.807) is 31.4 Å². The molecule has 1 saturated heterocycles. The first-order valence-corrected chi connectivity index (χ1v) is 9.23. The van der Waals surface area contributed by atoms with E-state index in [0.717, 1.165) is 10.9 Å². The summed E-state index contributed by atoms with van der Waals surface area (Å²) in [5, 5.41) is 3.00. The lowest BCUT2D eigenvalue weighted by atomic mass is 10.1. The smallest absolute Gasteiger partial charge is 0.274 e. The van der Waals surface area contributed by atoms with Crippen LogP contribution in [0.4, 0.5) is 11.5 Å². The number of aromatic nitrogens is 2. The number of anilines is 2. The van der Waals surface area contributed by atoms with Crippen LogP contribution in [0, 0.1) is 0 Å². The molecule has 1 amide bonds. The van der Waals surface area contributed by atoms with Crippen LogP contribution < -0.4 is 10.9 Å². The van der Waals surface area contributed by atoms with Crippen molar-refractivity contribution in [3.8, 4) is 0 Å². The Hall–Kier alpha value is -2.19. The van der Waals surface area contributed by atoms with Crippen LogP contribution in [0.15, 0.2) is 39.9 Å². The van der Waals surface area contributed by atoms with Gasteiger partial charge in [-0.15, -0.1) is 0 Å². The van der Waals surface area contributed by atoms with Crippen molar-refractivity contribution in [3.05, 3.63) is 51.0 Å². The average molecular weight is 421 g/mol. The molecule has 1 aliphatic heterocycles. The minimum absolute atomic E-state index is 0.0552. The number of hydrogen-bond donors (Lipinski definition) is 1. The number of pyridine rings is 2. The van der Waals surface area contributed by atoms with Crippen molar-refractivity contribution < 1.29 is 9.53 Å². The van der Waals surface area contributed by atoms with Crippen LogP contribution >= 0.6 is 15.9 Å². The second-order valence-corrected chi connectivity index (χ2v) is 7.21. The molecule has 0 aliphatic carbocycles. The largest absolute Gasteiger partial charge is 0.380 e. The van der Waals surface area contributed by atoms with Gasteiger partial charge < -0.3 is 19.5 Å². The Bertz CT molecular complexity index is 851. The molecule has 2 aromatic rings. The minimum Gasteiger partial charge on any atom is -0.380 e. The molecule has 2 aromatic heterocycles. The minimum atomic E-state index is -0.159. The molecule has 3 heterocycles. The molecule has 3 rings (SSSR count). The maximum absolute atomic E-state index is 12.7. The van der Waals surface area contributed by atoms with E-state index in [1.807, 2.05) is 11.8 Å². The van der Waals surface area contributed by atoms with E-state index in [-0.39, 0.29) is 17.5 Å². The maximum atomic E-state index is 12.7. The van der Waals surface area contributed by atoms with Gasteiger partial charge in [0.25, 0.3) is 11.5 Å². The van der Waals surface area contributed by atoms with Crippen LogP contribution in [-0.2, 0) is 11.8 Å². The molecule has 7 nitrogen and oxygen atoms in total. The number of halogens is 1. The lowest BCUT2D eigenvalue weighted by Crippen LogP contribution is -2.39. The molecule has 1 atom stereocenters. The second-order valence-electron chi connectivity index (χ2n) is 6.29. The van der Waals surface area contributed by atoms with Gasteiger partial charge in [0, 0.05) is 43.1 Å². The highest BCUT2D eigenvalue weighted by molar-refractivity contribution is 9.10. The molecule has 0 saturated carbocycles. The van der Waals surface area contributed by atoms with E-state index in [0.29, 0.717) is 36.8 Å². The van der Waals surface area contributed by atoms with Crippen molar-refractivity contribution in [2.75, 3.05) is 25.1 Å². The quantitative estimate of drug-likeness (QED) is 0.825. The Kier molecular flexibility index (Phi) is 5.73. The standard InChI is InChI=1S/C18H21BrN4O3/c1-12-5-7-26-8-6-23(12)17(24)13-3-4-16(20-10-13)21-15-9-14(19)11-22(2)18(15)25/h3-4,9-12H,5-8H2,1-2H3,(H,20,21). The van der Waals surface area contributed by atoms with Crippen LogP contribution in [-0.4, -0.2) is 46.2 Å². The van der Waals surface area contributed by atoms with E-state index in [4.69, 9.17) is 4.74 Å². The second kappa shape index (κ2) is 8.01. The number of nitrogens with one attached hydrogen (secondary N) is 1. The highest BCUT2D eigenvalue weighted by atomic mass is 79.9.